The van der Waals surface area contributed by atoms with Crippen LogP contribution in [0.1, 0.15) is 41.2 Å². The number of rotatable bonds is 5. The number of hydrogen-bond donors (Lipinski definition) is 0. The van der Waals surface area contributed by atoms with Crippen molar-refractivity contribution in [3.63, 3.8) is 0 Å². The molecule has 4 heterocycles. The molecule has 1 unspecified atom stereocenters. The van der Waals surface area contributed by atoms with Crippen LogP contribution in [-0.2, 0) is 44.4 Å². The summed E-state index contributed by atoms with van der Waals surface area (Å²) in [5.74, 6) is -1.27. The quantitative estimate of drug-likeness (QED) is 0.283. The summed E-state index contributed by atoms with van der Waals surface area (Å²) < 4.78 is 12.6. The van der Waals surface area contributed by atoms with Gasteiger partial charge in [-0.05, 0) is 56.8 Å². The number of halogens is 1. The third-order valence-corrected chi connectivity index (χ3v) is 7.33. The summed E-state index contributed by atoms with van der Waals surface area (Å²) in [5.41, 5.74) is 4.28. The van der Waals surface area contributed by atoms with Crippen molar-refractivity contribution in [2.24, 2.45) is 0 Å². The molecule has 0 fully saturated rings. The molecule has 0 bridgehead atoms. The SMILES string of the molecule is CCC1(OC(=O)CBr)C(=O)OCc2c1cc1n(c2=O)Cc2cc3c(CN(C)C)c(C)ccc3nc2-1. The molecule has 8 nitrogen and oxygen atoms in total. The summed E-state index contributed by atoms with van der Waals surface area (Å²) in [6.07, 6.45) is 0.144. The maximum atomic E-state index is 13.6. The molecule has 5 rings (SSSR count). The third kappa shape index (κ3) is 3.60. The largest absolute Gasteiger partial charge is 0.457 e. The first-order valence-electron chi connectivity index (χ1n) is 11.5. The molecule has 35 heavy (non-hydrogen) atoms. The van der Waals surface area contributed by atoms with Gasteiger partial charge in [0.05, 0.1) is 29.0 Å². The molecule has 0 radical (unpaired) electrons. The average Bonchev–Trinajstić information content (AvgIpc) is 3.19. The Kier molecular flexibility index (Phi) is 5.80. The highest BCUT2D eigenvalue weighted by molar-refractivity contribution is 9.09. The molecule has 0 amide bonds. The zero-order chi connectivity index (χ0) is 25.1. The summed E-state index contributed by atoms with van der Waals surface area (Å²) in [6, 6.07) is 7.96. The van der Waals surface area contributed by atoms with Gasteiger partial charge in [-0.2, -0.15) is 0 Å². The van der Waals surface area contributed by atoms with E-state index in [2.05, 4.69) is 39.9 Å². The van der Waals surface area contributed by atoms with Crippen LogP contribution in [0.25, 0.3) is 22.3 Å². The minimum absolute atomic E-state index is 0.0770. The standard InChI is InChI=1S/C26H26BrN3O5/c1-5-26(35-22(31)10-27)19-9-21-23-15(11-30(21)24(32)18(19)13-34-25(26)33)8-16-17(12-29(3)4)14(2)6-7-20(16)28-23/h6-9H,5,10-13H2,1-4H3. The Morgan fingerprint density at radius 3 is 2.74 bits per heavy atom. The van der Waals surface area contributed by atoms with E-state index in [1.807, 2.05) is 20.2 Å². The summed E-state index contributed by atoms with van der Waals surface area (Å²) in [4.78, 5) is 45.8. The predicted octanol–water partition coefficient (Wildman–Crippen LogP) is 3.40. The first-order chi connectivity index (χ1) is 16.7. The third-order valence-electron chi connectivity index (χ3n) is 6.88. The molecule has 9 heteroatoms. The van der Waals surface area contributed by atoms with Crippen LogP contribution < -0.4 is 5.56 Å². The van der Waals surface area contributed by atoms with Crippen LogP contribution in [0.2, 0.25) is 0 Å². The number of aryl methyl sites for hydroxylation is 1. The van der Waals surface area contributed by atoms with E-state index in [9.17, 15) is 14.4 Å². The Morgan fingerprint density at radius 2 is 2.06 bits per heavy atom. The number of benzene rings is 1. The molecule has 0 N–H and O–H groups in total. The van der Waals surface area contributed by atoms with Crippen molar-refractivity contribution < 1.29 is 19.1 Å². The van der Waals surface area contributed by atoms with E-state index in [1.165, 1.54) is 11.1 Å². The Balaban J connectivity index is 1.73. The minimum Gasteiger partial charge on any atom is -0.457 e. The van der Waals surface area contributed by atoms with Gasteiger partial charge in [0.15, 0.2) is 0 Å². The van der Waals surface area contributed by atoms with Crippen LogP contribution in [0.15, 0.2) is 29.1 Å². The van der Waals surface area contributed by atoms with Gasteiger partial charge in [-0.3, -0.25) is 9.59 Å². The van der Waals surface area contributed by atoms with E-state index in [0.29, 0.717) is 29.1 Å². The van der Waals surface area contributed by atoms with Crippen molar-refractivity contribution >= 4 is 38.8 Å². The topological polar surface area (TPSA) is 90.7 Å². The number of carbonyl (C=O) groups is 2. The van der Waals surface area contributed by atoms with Gasteiger partial charge in [-0.15, -0.1) is 0 Å². The van der Waals surface area contributed by atoms with Gasteiger partial charge in [-0.1, -0.05) is 28.9 Å². The van der Waals surface area contributed by atoms with Crippen molar-refractivity contribution in [1.82, 2.24) is 14.5 Å². The number of carbonyl (C=O) groups excluding carboxylic acids is 2. The molecule has 182 valence electrons. The first-order valence-corrected chi connectivity index (χ1v) is 12.6. The number of esters is 2. The van der Waals surface area contributed by atoms with Crippen molar-refractivity contribution in [1.29, 1.82) is 0 Å². The van der Waals surface area contributed by atoms with Crippen molar-refractivity contribution in [3.05, 3.63) is 62.4 Å². The highest BCUT2D eigenvalue weighted by Crippen LogP contribution is 2.41. The first kappa shape index (κ1) is 23.7. The van der Waals surface area contributed by atoms with E-state index in [1.54, 1.807) is 17.6 Å². The summed E-state index contributed by atoms with van der Waals surface area (Å²) in [7, 11) is 4.06. The van der Waals surface area contributed by atoms with Crippen molar-refractivity contribution in [2.75, 3.05) is 19.4 Å². The molecule has 3 aromatic rings. The van der Waals surface area contributed by atoms with E-state index >= 15 is 0 Å². The fourth-order valence-electron chi connectivity index (χ4n) is 5.13. The van der Waals surface area contributed by atoms with Crippen molar-refractivity contribution in [2.45, 2.75) is 45.6 Å². The maximum absolute atomic E-state index is 13.6. The number of ether oxygens (including phenoxy) is 2. The average molecular weight is 540 g/mol. The maximum Gasteiger partial charge on any atom is 0.355 e. The Morgan fingerprint density at radius 1 is 1.29 bits per heavy atom. The Labute approximate surface area is 211 Å². The molecule has 2 aromatic heterocycles. The molecular weight excluding hydrogens is 514 g/mol. The predicted molar refractivity (Wildman–Crippen MR) is 134 cm³/mol. The number of cyclic esters (lactones) is 1. The second kappa shape index (κ2) is 8.57. The Bertz CT molecular complexity index is 1460. The molecule has 1 atom stereocenters. The molecule has 2 aliphatic heterocycles. The molecular formula is C26H26BrN3O5. The lowest BCUT2D eigenvalue weighted by atomic mass is 9.85. The molecule has 0 aliphatic carbocycles. The highest BCUT2D eigenvalue weighted by Gasteiger charge is 2.50. The highest BCUT2D eigenvalue weighted by atomic mass is 79.9. The lowest BCUT2D eigenvalue weighted by Gasteiger charge is -2.35. The number of fused-ring (bicyclic) bond motifs is 5. The van der Waals surface area contributed by atoms with E-state index < -0.39 is 17.5 Å². The van der Waals surface area contributed by atoms with Gasteiger partial charge in [0.2, 0.25) is 5.60 Å². The summed E-state index contributed by atoms with van der Waals surface area (Å²) in [6.45, 7) is 4.83. The second-order valence-corrected chi connectivity index (χ2v) is 9.90. The fraction of sp³-hybridized carbons (Fsp3) is 0.385. The van der Waals surface area contributed by atoms with Gasteiger partial charge in [-0.25, -0.2) is 9.78 Å². The van der Waals surface area contributed by atoms with E-state index in [0.717, 1.165) is 23.0 Å². The number of aromatic nitrogens is 2. The molecule has 2 aliphatic rings. The second-order valence-electron chi connectivity index (χ2n) is 9.34. The summed E-state index contributed by atoms with van der Waals surface area (Å²) in [5, 5.41) is 0.988. The van der Waals surface area contributed by atoms with Crippen LogP contribution in [0.3, 0.4) is 0 Å². The molecule has 1 aromatic carbocycles. The van der Waals surface area contributed by atoms with Crippen molar-refractivity contribution in [3.8, 4) is 11.4 Å². The van der Waals surface area contributed by atoms with E-state index in [4.69, 9.17) is 14.5 Å². The van der Waals surface area contributed by atoms with Crippen LogP contribution in [0, 0.1) is 6.92 Å². The van der Waals surface area contributed by atoms with Gasteiger partial charge in [0.25, 0.3) is 5.56 Å². The zero-order valence-corrected chi connectivity index (χ0v) is 21.7. The number of nitrogens with zero attached hydrogens (tertiary/aromatic N) is 3. The monoisotopic (exact) mass is 539 g/mol. The zero-order valence-electron chi connectivity index (χ0n) is 20.1. The molecule has 0 saturated heterocycles. The van der Waals surface area contributed by atoms with Crippen LogP contribution in [0.4, 0.5) is 0 Å². The van der Waals surface area contributed by atoms with Gasteiger partial charge in [0, 0.05) is 23.1 Å². The van der Waals surface area contributed by atoms with Crippen LogP contribution >= 0.6 is 15.9 Å². The van der Waals surface area contributed by atoms with Gasteiger partial charge < -0.3 is 18.9 Å². The number of hydrogen-bond acceptors (Lipinski definition) is 7. The van der Waals surface area contributed by atoms with Crippen LogP contribution in [-0.4, -0.2) is 45.8 Å². The lowest BCUT2D eigenvalue weighted by Crippen LogP contribution is -2.47. The number of alkyl halides is 1. The molecule has 0 saturated carbocycles. The minimum atomic E-state index is -1.66. The fourth-order valence-corrected chi connectivity index (χ4v) is 5.24. The normalized spacial score (nSPS) is 18.3. The van der Waals surface area contributed by atoms with Gasteiger partial charge in [0.1, 0.15) is 11.9 Å². The van der Waals surface area contributed by atoms with E-state index in [-0.39, 0.29) is 23.9 Å². The number of pyridine rings is 2. The lowest BCUT2D eigenvalue weighted by molar-refractivity contribution is -0.187. The van der Waals surface area contributed by atoms with Crippen LogP contribution in [0.5, 0.6) is 0 Å². The van der Waals surface area contributed by atoms with Gasteiger partial charge >= 0.3 is 11.9 Å². The smallest absolute Gasteiger partial charge is 0.355 e. The summed E-state index contributed by atoms with van der Waals surface area (Å²) >= 11 is 3.08. The molecule has 0 spiro atoms. The Hall–Kier alpha value is -3.04.